The Morgan fingerprint density at radius 1 is 1.41 bits per heavy atom. The molecule has 1 heterocycles. The Kier molecular flexibility index (Phi) is 4.05. The molecule has 17 heavy (non-hydrogen) atoms. The largest absolute Gasteiger partial charge is 0.379 e. The van der Waals surface area contributed by atoms with E-state index in [0.29, 0.717) is 25.7 Å². The van der Waals surface area contributed by atoms with Crippen LogP contribution in [0.1, 0.15) is 45.4 Å². The Balaban J connectivity index is 1.79. The van der Waals surface area contributed by atoms with Crippen LogP contribution in [0.5, 0.6) is 0 Å². The van der Waals surface area contributed by atoms with Crippen LogP contribution in [0.2, 0.25) is 0 Å². The molecule has 0 spiro atoms. The van der Waals surface area contributed by atoms with Gasteiger partial charge in [-0.3, -0.25) is 4.79 Å². The fraction of sp³-hybridized carbons (Fsp3) is 0.923. The van der Waals surface area contributed by atoms with E-state index in [1.807, 2.05) is 0 Å². The van der Waals surface area contributed by atoms with Crippen molar-refractivity contribution >= 4 is 5.91 Å². The Bertz CT molecular complexity index is 267. The quantitative estimate of drug-likeness (QED) is 0.779. The van der Waals surface area contributed by atoms with E-state index in [4.69, 9.17) is 10.5 Å². The standard InChI is InChI=1S/C13H24N2O2/c1-2-10-3-5-11(6-4-10)15-12(16)13(14)7-8-17-9-13/h10-11H,2-9,14H2,1H3,(H,15,16). The van der Waals surface area contributed by atoms with Gasteiger partial charge in [0.05, 0.1) is 6.61 Å². The monoisotopic (exact) mass is 240 g/mol. The van der Waals surface area contributed by atoms with Crippen molar-refractivity contribution in [2.45, 2.75) is 57.0 Å². The summed E-state index contributed by atoms with van der Waals surface area (Å²) in [6.45, 7) is 3.21. The Hall–Kier alpha value is -0.610. The Labute approximate surface area is 103 Å². The van der Waals surface area contributed by atoms with E-state index in [-0.39, 0.29) is 5.91 Å². The first-order valence-electron chi connectivity index (χ1n) is 6.81. The molecule has 4 nitrogen and oxygen atoms in total. The van der Waals surface area contributed by atoms with Crippen molar-refractivity contribution in [3.8, 4) is 0 Å². The van der Waals surface area contributed by atoms with Gasteiger partial charge in [-0.25, -0.2) is 0 Å². The van der Waals surface area contributed by atoms with Crippen molar-refractivity contribution in [2.24, 2.45) is 11.7 Å². The van der Waals surface area contributed by atoms with Crippen LogP contribution in [0.4, 0.5) is 0 Å². The number of rotatable bonds is 3. The first-order valence-corrected chi connectivity index (χ1v) is 6.81. The summed E-state index contributed by atoms with van der Waals surface area (Å²) >= 11 is 0. The summed E-state index contributed by atoms with van der Waals surface area (Å²) < 4.78 is 5.22. The number of amides is 1. The van der Waals surface area contributed by atoms with Gasteiger partial charge >= 0.3 is 0 Å². The van der Waals surface area contributed by atoms with Crippen LogP contribution in [-0.4, -0.2) is 30.7 Å². The molecule has 0 bridgehead atoms. The molecule has 1 saturated heterocycles. The lowest BCUT2D eigenvalue weighted by Gasteiger charge is -2.31. The molecule has 0 radical (unpaired) electrons. The second-order valence-corrected chi connectivity index (χ2v) is 5.56. The van der Waals surface area contributed by atoms with Gasteiger partial charge in [0, 0.05) is 12.6 Å². The first kappa shape index (κ1) is 12.8. The van der Waals surface area contributed by atoms with E-state index in [1.165, 1.54) is 19.3 Å². The number of hydrogen-bond donors (Lipinski definition) is 2. The number of carbonyl (C=O) groups is 1. The minimum atomic E-state index is -0.776. The average molecular weight is 240 g/mol. The van der Waals surface area contributed by atoms with Gasteiger partial charge < -0.3 is 15.8 Å². The lowest BCUT2D eigenvalue weighted by molar-refractivity contribution is -0.127. The van der Waals surface area contributed by atoms with Crippen LogP contribution in [0.25, 0.3) is 0 Å². The van der Waals surface area contributed by atoms with Crippen molar-refractivity contribution in [3.63, 3.8) is 0 Å². The number of nitrogens with two attached hydrogens (primary N) is 1. The molecule has 0 aromatic heterocycles. The number of hydrogen-bond acceptors (Lipinski definition) is 3. The zero-order valence-corrected chi connectivity index (χ0v) is 10.7. The van der Waals surface area contributed by atoms with E-state index in [9.17, 15) is 4.79 Å². The first-order chi connectivity index (χ1) is 8.14. The van der Waals surface area contributed by atoms with Crippen molar-refractivity contribution < 1.29 is 9.53 Å². The van der Waals surface area contributed by atoms with Crippen LogP contribution in [0, 0.1) is 5.92 Å². The van der Waals surface area contributed by atoms with Gasteiger partial charge in [0.1, 0.15) is 5.54 Å². The van der Waals surface area contributed by atoms with Gasteiger partial charge in [-0.2, -0.15) is 0 Å². The summed E-state index contributed by atoms with van der Waals surface area (Å²) in [6, 6.07) is 0.325. The lowest BCUT2D eigenvalue weighted by Crippen LogP contribution is -2.57. The molecule has 0 aromatic rings. The van der Waals surface area contributed by atoms with E-state index in [0.717, 1.165) is 18.8 Å². The molecule has 2 rings (SSSR count). The third-order valence-electron chi connectivity index (χ3n) is 4.26. The molecule has 1 atom stereocenters. The SMILES string of the molecule is CCC1CCC(NC(=O)C2(N)CCOC2)CC1. The van der Waals surface area contributed by atoms with Crippen LogP contribution in [-0.2, 0) is 9.53 Å². The lowest BCUT2D eigenvalue weighted by atomic mass is 9.84. The van der Waals surface area contributed by atoms with Crippen molar-refractivity contribution in [3.05, 3.63) is 0 Å². The molecule has 0 aromatic carbocycles. The van der Waals surface area contributed by atoms with Crippen molar-refractivity contribution in [2.75, 3.05) is 13.2 Å². The van der Waals surface area contributed by atoms with Gasteiger partial charge in [0.25, 0.3) is 0 Å². The second kappa shape index (κ2) is 5.36. The fourth-order valence-electron chi connectivity index (χ4n) is 2.80. The minimum absolute atomic E-state index is 0.0186. The van der Waals surface area contributed by atoms with E-state index < -0.39 is 5.54 Å². The molecule has 2 aliphatic rings. The molecule has 4 heteroatoms. The van der Waals surface area contributed by atoms with Gasteiger partial charge in [-0.15, -0.1) is 0 Å². The molecule has 1 aliphatic carbocycles. The highest BCUT2D eigenvalue weighted by Gasteiger charge is 2.39. The maximum absolute atomic E-state index is 12.1. The predicted octanol–water partition coefficient (Wildman–Crippen LogP) is 1.19. The summed E-state index contributed by atoms with van der Waals surface area (Å²) in [5.74, 6) is 0.833. The molecule has 2 fully saturated rings. The fourth-order valence-corrected chi connectivity index (χ4v) is 2.80. The highest BCUT2D eigenvalue weighted by Crippen LogP contribution is 2.27. The van der Waals surface area contributed by atoms with Gasteiger partial charge in [-0.1, -0.05) is 13.3 Å². The maximum atomic E-state index is 12.1. The van der Waals surface area contributed by atoms with Gasteiger partial charge in [0.15, 0.2) is 0 Å². The summed E-state index contributed by atoms with van der Waals surface area (Å²) in [4.78, 5) is 12.1. The third kappa shape index (κ3) is 2.99. The summed E-state index contributed by atoms with van der Waals surface area (Å²) in [5, 5.41) is 3.10. The molecule has 98 valence electrons. The van der Waals surface area contributed by atoms with Gasteiger partial charge in [-0.05, 0) is 38.0 Å². The van der Waals surface area contributed by atoms with Crippen LogP contribution in [0.15, 0.2) is 0 Å². The molecular formula is C13H24N2O2. The average Bonchev–Trinajstić information content (AvgIpc) is 2.78. The highest BCUT2D eigenvalue weighted by atomic mass is 16.5. The topological polar surface area (TPSA) is 64.4 Å². The number of nitrogens with one attached hydrogen (secondary N) is 1. The van der Waals surface area contributed by atoms with E-state index >= 15 is 0 Å². The molecule has 3 N–H and O–H groups in total. The Morgan fingerprint density at radius 3 is 2.65 bits per heavy atom. The molecule has 1 amide bonds. The van der Waals surface area contributed by atoms with E-state index in [1.54, 1.807) is 0 Å². The van der Waals surface area contributed by atoms with Crippen molar-refractivity contribution in [1.29, 1.82) is 0 Å². The summed E-state index contributed by atoms with van der Waals surface area (Å²) in [6.07, 6.45) is 6.56. The summed E-state index contributed by atoms with van der Waals surface area (Å²) in [7, 11) is 0. The zero-order valence-electron chi connectivity index (χ0n) is 10.7. The smallest absolute Gasteiger partial charge is 0.242 e. The predicted molar refractivity (Wildman–Crippen MR) is 66.5 cm³/mol. The molecule has 1 saturated carbocycles. The van der Waals surface area contributed by atoms with Crippen molar-refractivity contribution in [1.82, 2.24) is 5.32 Å². The number of carbonyl (C=O) groups excluding carboxylic acids is 1. The highest BCUT2D eigenvalue weighted by molar-refractivity contribution is 5.86. The van der Waals surface area contributed by atoms with E-state index in [2.05, 4.69) is 12.2 Å². The normalized spacial score (nSPS) is 38.0. The number of ether oxygens (including phenoxy) is 1. The van der Waals surface area contributed by atoms with Crippen LogP contribution in [0.3, 0.4) is 0 Å². The Morgan fingerprint density at radius 2 is 2.12 bits per heavy atom. The summed E-state index contributed by atoms with van der Waals surface area (Å²) in [5.41, 5.74) is 5.26. The van der Waals surface area contributed by atoms with Crippen LogP contribution < -0.4 is 11.1 Å². The maximum Gasteiger partial charge on any atom is 0.242 e. The van der Waals surface area contributed by atoms with Crippen LogP contribution >= 0.6 is 0 Å². The zero-order chi connectivity index (χ0) is 12.3. The molecular weight excluding hydrogens is 216 g/mol. The molecule has 1 aliphatic heterocycles. The third-order valence-corrected chi connectivity index (χ3v) is 4.26. The van der Waals surface area contributed by atoms with Gasteiger partial charge in [0.2, 0.25) is 5.91 Å². The molecule has 1 unspecified atom stereocenters. The second-order valence-electron chi connectivity index (χ2n) is 5.56. The minimum Gasteiger partial charge on any atom is -0.379 e.